The number of allylic oxidation sites excluding steroid dienone is 1. The lowest BCUT2D eigenvalue weighted by Crippen LogP contribution is -2.70. The summed E-state index contributed by atoms with van der Waals surface area (Å²) in [6.07, 6.45) is 21.6. The number of ether oxygens (including phenoxy) is 3. The van der Waals surface area contributed by atoms with Crippen LogP contribution in [0.15, 0.2) is 78.0 Å². The molecule has 10 nitrogen and oxygen atoms in total. The van der Waals surface area contributed by atoms with Crippen molar-refractivity contribution < 1.29 is 34.1 Å². The van der Waals surface area contributed by atoms with Crippen LogP contribution in [-0.4, -0.2) is 96.1 Å². The summed E-state index contributed by atoms with van der Waals surface area (Å²) in [5, 5.41) is 25.0. The largest absolute Gasteiger partial charge is 0.492 e. The van der Waals surface area contributed by atoms with E-state index in [0.717, 1.165) is 118 Å². The molecule has 2 aliphatic heterocycles. The summed E-state index contributed by atoms with van der Waals surface area (Å²) < 4.78 is 21.1. The van der Waals surface area contributed by atoms with E-state index < -0.39 is 11.8 Å². The molecule has 0 aromatic heterocycles. The SMILES string of the molecule is C=CCOC12Oc3ccc(OCCN4CC4)cc3C3C(CCCCO)C(CCCCO)C=C(C(=NOCc4ccccc4)CC1N(CCC)C(=O)CCCCCCCCCCC)C32. The number of carbonyl (C=O) groups excluding carboxylic acids is 1. The first-order valence-corrected chi connectivity index (χ1v) is 24.9. The third-order valence-corrected chi connectivity index (χ3v) is 13.8. The van der Waals surface area contributed by atoms with Gasteiger partial charge in [0.1, 0.15) is 30.8 Å². The number of aliphatic hydroxyl groups is 2. The second-order valence-corrected chi connectivity index (χ2v) is 18.4. The fourth-order valence-electron chi connectivity index (χ4n) is 10.5. The minimum atomic E-state index is -1.24. The second-order valence-electron chi connectivity index (χ2n) is 18.4. The van der Waals surface area contributed by atoms with Gasteiger partial charge in [0.25, 0.3) is 0 Å². The molecule has 2 fully saturated rings. The summed E-state index contributed by atoms with van der Waals surface area (Å²) in [5.41, 5.74) is 4.01. The summed E-state index contributed by atoms with van der Waals surface area (Å²) >= 11 is 0. The van der Waals surface area contributed by atoms with Crippen molar-refractivity contribution >= 4 is 11.6 Å². The molecule has 1 saturated heterocycles. The van der Waals surface area contributed by atoms with Gasteiger partial charge in [0.2, 0.25) is 11.7 Å². The molecular weight excluding hydrogens is 791 g/mol. The summed E-state index contributed by atoms with van der Waals surface area (Å²) in [5.74, 6) is 0.375. The topological polar surface area (TPSA) is 113 Å². The van der Waals surface area contributed by atoms with Crippen LogP contribution in [0.5, 0.6) is 11.5 Å². The highest BCUT2D eigenvalue weighted by atomic mass is 16.7. The zero-order valence-electron chi connectivity index (χ0n) is 38.7. The molecule has 63 heavy (non-hydrogen) atoms. The van der Waals surface area contributed by atoms with Crippen molar-refractivity contribution in [1.82, 2.24) is 9.80 Å². The monoisotopic (exact) mass is 870 g/mol. The average molecular weight is 870 g/mol. The fraction of sp³-hybridized carbons (Fsp3) is 0.660. The number of unbranched alkanes of at least 4 members (excludes halogenated alkanes) is 10. The van der Waals surface area contributed by atoms with Crippen LogP contribution in [0.25, 0.3) is 0 Å². The maximum absolute atomic E-state index is 14.8. The lowest BCUT2D eigenvalue weighted by molar-refractivity contribution is -0.257. The molecule has 6 atom stereocenters. The molecule has 1 amide bonds. The quantitative estimate of drug-likeness (QED) is 0.0333. The number of nitrogens with zero attached hydrogens (tertiary/aromatic N) is 3. The highest BCUT2D eigenvalue weighted by molar-refractivity contribution is 6.03. The molecule has 2 aromatic carbocycles. The molecule has 10 heteroatoms. The number of rotatable bonds is 31. The molecule has 348 valence electrons. The lowest BCUT2D eigenvalue weighted by Gasteiger charge is -2.60. The Kier molecular flexibility index (Phi) is 19.9. The van der Waals surface area contributed by atoms with Gasteiger partial charge < -0.3 is 34.2 Å². The van der Waals surface area contributed by atoms with E-state index in [4.69, 9.17) is 24.2 Å². The summed E-state index contributed by atoms with van der Waals surface area (Å²) in [6, 6.07) is 15.9. The average Bonchev–Trinajstić information content (AvgIpc) is 4.13. The smallest absolute Gasteiger partial charge is 0.239 e. The first kappa shape index (κ1) is 48.7. The third kappa shape index (κ3) is 13.2. The number of amides is 1. The van der Waals surface area contributed by atoms with Crippen LogP contribution in [0.2, 0.25) is 0 Å². The maximum Gasteiger partial charge on any atom is 0.239 e. The van der Waals surface area contributed by atoms with E-state index in [1.165, 1.54) is 38.5 Å². The van der Waals surface area contributed by atoms with Crippen LogP contribution in [0, 0.1) is 17.8 Å². The molecule has 6 unspecified atom stereocenters. The van der Waals surface area contributed by atoms with Gasteiger partial charge in [0, 0.05) is 63.7 Å². The minimum absolute atomic E-state index is 0.0786. The second kappa shape index (κ2) is 25.7. The minimum Gasteiger partial charge on any atom is -0.492 e. The van der Waals surface area contributed by atoms with Crippen LogP contribution in [0.1, 0.15) is 146 Å². The van der Waals surface area contributed by atoms with Crippen LogP contribution in [-0.2, 0) is 21.0 Å². The molecule has 2 aromatic rings. The number of oxime groups is 1. The van der Waals surface area contributed by atoms with Gasteiger partial charge in [-0.25, -0.2) is 0 Å². The van der Waals surface area contributed by atoms with Gasteiger partial charge in [0.15, 0.2) is 0 Å². The summed E-state index contributed by atoms with van der Waals surface area (Å²) in [6.45, 7) is 13.7. The van der Waals surface area contributed by atoms with E-state index in [-0.39, 0.29) is 49.4 Å². The molecule has 0 radical (unpaired) electrons. The molecule has 4 aliphatic rings. The predicted molar refractivity (Wildman–Crippen MR) is 252 cm³/mol. The van der Waals surface area contributed by atoms with E-state index in [1.54, 1.807) is 6.08 Å². The van der Waals surface area contributed by atoms with Crippen LogP contribution in [0.4, 0.5) is 0 Å². The Balaban J connectivity index is 1.43. The molecule has 2 aliphatic carbocycles. The lowest BCUT2D eigenvalue weighted by atomic mass is 9.55. The summed E-state index contributed by atoms with van der Waals surface area (Å²) in [4.78, 5) is 25.5. The van der Waals surface area contributed by atoms with E-state index in [0.29, 0.717) is 32.6 Å². The Morgan fingerprint density at radius 3 is 2.35 bits per heavy atom. The Morgan fingerprint density at radius 1 is 0.921 bits per heavy atom. The normalized spacial score (nSPS) is 24.2. The van der Waals surface area contributed by atoms with Crippen LogP contribution >= 0.6 is 0 Å². The number of aliphatic hydroxyl groups excluding tert-OH is 2. The molecular formula is C53H79N3O7. The van der Waals surface area contributed by atoms with Gasteiger partial charge in [-0.1, -0.05) is 126 Å². The van der Waals surface area contributed by atoms with Crippen molar-refractivity contribution in [1.29, 1.82) is 0 Å². The van der Waals surface area contributed by atoms with Gasteiger partial charge in [0.05, 0.1) is 18.2 Å². The highest BCUT2D eigenvalue weighted by Gasteiger charge is 2.65. The van der Waals surface area contributed by atoms with Gasteiger partial charge in [-0.05, 0) is 79.7 Å². The van der Waals surface area contributed by atoms with Crippen molar-refractivity contribution in [3.05, 3.63) is 84.0 Å². The fourth-order valence-corrected chi connectivity index (χ4v) is 10.5. The molecule has 2 N–H and O–H groups in total. The zero-order chi connectivity index (χ0) is 44.3. The molecule has 1 saturated carbocycles. The standard InChI is InChI=1S/C53H79N3O7/c1-4-7-8-9-10-11-12-13-17-26-50(59)56(29-5-2)49-39-47(54-62-40-41-22-15-14-16-23-41)45-37-42(24-18-20-33-57)44(25-19-21-34-58)51-46-38-43(60-36-32-55-30-31-55)27-28-48(46)63-53(49,52(45)51)61-35-6-3/h6,14-16,22-23,27-28,37-38,42,44,49,51-52,57-58H,3-5,7-13,17-21,24-26,29-36,39-40H2,1-2H3. The van der Waals surface area contributed by atoms with E-state index in [1.807, 2.05) is 36.4 Å². The van der Waals surface area contributed by atoms with Gasteiger partial charge in [-0.15, -0.1) is 6.58 Å². The van der Waals surface area contributed by atoms with Crippen LogP contribution in [0.3, 0.4) is 0 Å². The first-order chi connectivity index (χ1) is 31.0. The molecule has 0 bridgehead atoms. The first-order valence-electron chi connectivity index (χ1n) is 24.9. The van der Waals surface area contributed by atoms with Crippen molar-refractivity contribution in [2.24, 2.45) is 22.9 Å². The third-order valence-electron chi connectivity index (χ3n) is 13.8. The predicted octanol–water partition coefficient (Wildman–Crippen LogP) is 10.4. The zero-order valence-corrected chi connectivity index (χ0v) is 38.7. The van der Waals surface area contributed by atoms with Gasteiger partial charge in [-0.3, -0.25) is 9.69 Å². The highest BCUT2D eigenvalue weighted by Crippen LogP contribution is 2.62. The molecule has 0 spiro atoms. The van der Waals surface area contributed by atoms with E-state index >= 15 is 0 Å². The van der Waals surface area contributed by atoms with Crippen molar-refractivity contribution in [3.63, 3.8) is 0 Å². The Labute approximate surface area is 379 Å². The summed E-state index contributed by atoms with van der Waals surface area (Å²) in [7, 11) is 0. The Morgan fingerprint density at radius 2 is 1.65 bits per heavy atom. The van der Waals surface area contributed by atoms with Gasteiger partial charge in [-0.2, -0.15) is 0 Å². The van der Waals surface area contributed by atoms with Crippen molar-refractivity contribution in [3.8, 4) is 11.5 Å². The molecule has 6 rings (SSSR count). The number of fused-ring (bicyclic) bond motifs is 2. The van der Waals surface area contributed by atoms with Crippen molar-refractivity contribution in [2.75, 3.05) is 52.6 Å². The van der Waals surface area contributed by atoms with Crippen LogP contribution < -0.4 is 9.47 Å². The maximum atomic E-state index is 14.8. The number of carbonyl (C=O) groups is 1. The number of benzene rings is 2. The number of hydrogen-bond acceptors (Lipinski definition) is 9. The Bertz CT molecular complexity index is 1750. The van der Waals surface area contributed by atoms with Gasteiger partial charge >= 0.3 is 0 Å². The number of hydrogen-bond donors (Lipinski definition) is 2. The van der Waals surface area contributed by atoms with E-state index in [9.17, 15) is 15.0 Å². The molecule has 2 heterocycles. The van der Waals surface area contributed by atoms with Crippen molar-refractivity contribution in [2.45, 2.75) is 154 Å². The van der Waals surface area contributed by atoms with E-state index in [2.05, 4.69) is 48.4 Å². The Hall–Kier alpha value is -3.70.